The van der Waals surface area contributed by atoms with Crippen LogP contribution in [0, 0.1) is 6.92 Å². The molecule has 27 heavy (non-hydrogen) atoms. The number of carbonyl (C=O) groups excluding carboxylic acids is 1. The third-order valence-electron chi connectivity index (χ3n) is 4.45. The summed E-state index contributed by atoms with van der Waals surface area (Å²) >= 11 is 2.92. The lowest BCUT2D eigenvalue weighted by molar-refractivity contribution is -0.113. The Hall–Kier alpha value is -2.19. The first-order valence-electron chi connectivity index (χ1n) is 9.04. The third-order valence-corrected chi connectivity index (χ3v) is 6.31. The number of aryl methyl sites for hydroxylation is 1. The third kappa shape index (κ3) is 4.56. The first-order valence-corrected chi connectivity index (χ1v) is 10.8. The van der Waals surface area contributed by atoms with E-state index < -0.39 is 0 Å². The predicted octanol–water partition coefficient (Wildman–Crippen LogP) is 4.12. The number of hydrogen-bond donors (Lipinski definition) is 1. The summed E-state index contributed by atoms with van der Waals surface area (Å²) in [5, 5.41) is 4.35. The van der Waals surface area contributed by atoms with Gasteiger partial charge in [-0.1, -0.05) is 29.2 Å². The number of benzene rings is 1. The highest BCUT2D eigenvalue weighted by molar-refractivity contribution is 7.99. The molecule has 0 saturated carbocycles. The summed E-state index contributed by atoms with van der Waals surface area (Å²) < 4.78 is 1.08. The highest BCUT2D eigenvalue weighted by Gasteiger charge is 2.14. The second kappa shape index (κ2) is 8.22. The van der Waals surface area contributed by atoms with Crippen molar-refractivity contribution in [2.45, 2.75) is 31.2 Å². The minimum absolute atomic E-state index is 0.0751. The highest BCUT2D eigenvalue weighted by Crippen LogP contribution is 2.27. The molecule has 1 amide bonds. The Morgan fingerprint density at radius 1 is 1.22 bits per heavy atom. The molecule has 0 atom stereocenters. The molecule has 0 spiro atoms. The van der Waals surface area contributed by atoms with Crippen LogP contribution in [0.3, 0.4) is 0 Å². The van der Waals surface area contributed by atoms with Gasteiger partial charge in [0.15, 0.2) is 5.13 Å². The quantitative estimate of drug-likeness (QED) is 0.514. The molecule has 4 rings (SSSR count). The number of piperidine rings is 1. The topological polar surface area (TPSA) is 71.0 Å². The lowest BCUT2D eigenvalue weighted by Gasteiger charge is -2.27. The van der Waals surface area contributed by atoms with Crippen molar-refractivity contribution in [2.75, 3.05) is 29.1 Å². The largest absolute Gasteiger partial charge is 0.356 e. The van der Waals surface area contributed by atoms with Gasteiger partial charge in [-0.15, -0.1) is 0 Å². The van der Waals surface area contributed by atoms with Crippen LogP contribution in [0.5, 0.6) is 0 Å². The molecule has 0 unspecified atom stereocenters. The molecule has 1 fully saturated rings. The van der Waals surface area contributed by atoms with Gasteiger partial charge in [0.1, 0.15) is 17.2 Å². The first-order chi connectivity index (χ1) is 13.2. The van der Waals surface area contributed by atoms with Crippen LogP contribution in [0.1, 0.15) is 24.8 Å². The fraction of sp³-hybridized carbons (Fsp3) is 0.368. The van der Waals surface area contributed by atoms with Crippen LogP contribution in [0.25, 0.3) is 10.2 Å². The Kier molecular flexibility index (Phi) is 5.54. The lowest BCUT2D eigenvalue weighted by Crippen LogP contribution is -2.30. The van der Waals surface area contributed by atoms with Crippen LogP contribution in [0.4, 0.5) is 10.9 Å². The fourth-order valence-electron chi connectivity index (χ4n) is 3.08. The van der Waals surface area contributed by atoms with E-state index in [0.29, 0.717) is 10.9 Å². The molecule has 0 aliphatic carbocycles. The highest BCUT2D eigenvalue weighted by atomic mass is 32.2. The van der Waals surface area contributed by atoms with Gasteiger partial charge in [-0.2, -0.15) is 0 Å². The van der Waals surface area contributed by atoms with Crippen molar-refractivity contribution in [1.29, 1.82) is 0 Å². The molecule has 140 valence electrons. The number of aromatic nitrogens is 3. The summed E-state index contributed by atoms with van der Waals surface area (Å²) in [5.41, 5.74) is 2.10. The van der Waals surface area contributed by atoms with Gasteiger partial charge in [-0.3, -0.25) is 4.79 Å². The monoisotopic (exact) mass is 399 g/mol. The van der Waals surface area contributed by atoms with E-state index in [0.717, 1.165) is 34.1 Å². The van der Waals surface area contributed by atoms with Crippen LogP contribution < -0.4 is 10.2 Å². The Bertz CT molecular complexity index is 952. The summed E-state index contributed by atoms with van der Waals surface area (Å²) in [6.45, 7) is 4.13. The molecule has 1 N–H and O–H groups in total. The molecule has 0 bridgehead atoms. The Labute approximate surface area is 166 Å². The zero-order valence-electron chi connectivity index (χ0n) is 15.1. The van der Waals surface area contributed by atoms with Crippen LogP contribution in [0.15, 0.2) is 35.6 Å². The number of fused-ring (bicyclic) bond motifs is 1. The van der Waals surface area contributed by atoms with Gasteiger partial charge >= 0.3 is 0 Å². The number of thiazole rings is 1. The minimum Gasteiger partial charge on any atom is -0.356 e. The maximum atomic E-state index is 12.3. The molecule has 1 saturated heterocycles. The van der Waals surface area contributed by atoms with E-state index in [2.05, 4.69) is 31.2 Å². The second-order valence-electron chi connectivity index (χ2n) is 6.59. The van der Waals surface area contributed by atoms with Crippen molar-refractivity contribution >= 4 is 50.2 Å². The van der Waals surface area contributed by atoms with Crippen LogP contribution in [-0.4, -0.2) is 39.7 Å². The fourth-order valence-corrected chi connectivity index (χ4v) is 4.73. The summed E-state index contributed by atoms with van der Waals surface area (Å²) in [7, 11) is 0. The van der Waals surface area contributed by atoms with Crippen LogP contribution >= 0.6 is 23.1 Å². The normalized spacial score (nSPS) is 14.5. The molecular weight excluding hydrogens is 378 g/mol. The summed E-state index contributed by atoms with van der Waals surface area (Å²) in [6, 6.07) is 8.07. The minimum atomic E-state index is -0.0751. The van der Waals surface area contributed by atoms with E-state index in [9.17, 15) is 4.79 Å². The number of nitrogens with one attached hydrogen (secondary N) is 1. The standard InChI is InChI=1S/C19H21N5OS2/c1-13-5-6-14-15(9-13)27-19(22-14)23-17(25)11-26-18-10-16(20-12-21-18)24-7-3-2-4-8-24/h5-6,9-10,12H,2-4,7-8,11H2,1H3,(H,22,23,25). The van der Waals surface area contributed by atoms with Crippen LogP contribution in [0.2, 0.25) is 0 Å². The van der Waals surface area contributed by atoms with E-state index in [1.54, 1.807) is 6.33 Å². The van der Waals surface area contributed by atoms with E-state index >= 15 is 0 Å². The Balaban J connectivity index is 1.35. The number of anilines is 2. The second-order valence-corrected chi connectivity index (χ2v) is 8.62. The number of carbonyl (C=O) groups is 1. The van der Waals surface area contributed by atoms with Crippen molar-refractivity contribution < 1.29 is 4.79 Å². The molecule has 1 aliphatic rings. The molecule has 3 aromatic rings. The molecule has 0 radical (unpaired) electrons. The van der Waals surface area contributed by atoms with Crippen molar-refractivity contribution in [3.05, 3.63) is 36.2 Å². The molecule has 3 heterocycles. The Morgan fingerprint density at radius 2 is 2.07 bits per heavy atom. The molecule has 1 aliphatic heterocycles. The smallest absolute Gasteiger partial charge is 0.236 e. The molecule has 8 heteroatoms. The number of hydrogen-bond acceptors (Lipinski definition) is 7. The van der Waals surface area contributed by atoms with Crippen molar-refractivity contribution in [1.82, 2.24) is 15.0 Å². The summed E-state index contributed by atoms with van der Waals surface area (Å²) in [4.78, 5) is 27.7. The van der Waals surface area contributed by atoms with Gasteiger partial charge < -0.3 is 10.2 Å². The van der Waals surface area contributed by atoms with Gasteiger partial charge in [0.2, 0.25) is 5.91 Å². The zero-order chi connectivity index (χ0) is 18.6. The summed E-state index contributed by atoms with van der Waals surface area (Å²) in [5.74, 6) is 1.17. The maximum Gasteiger partial charge on any atom is 0.236 e. The van der Waals surface area contributed by atoms with Crippen LogP contribution in [-0.2, 0) is 4.79 Å². The SMILES string of the molecule is Cc1ccc2nc(NC(=O)CSc3cc(N4CCCCC4)ncn3)sc2c1. The van der Waals surface area contributed by atoms with Crippen molar-refractivity contribution in [3.8, 4) is 0 Å². The predicted molar refractivity (Wildman–Crippen MR) is 112 cm³/mol. The number of amides is 1. The molecule has 1 aromatic carbocycles. The lowest BCUT2D eigenvalue weighted by atomic mass is 10.1. The Morgan fingerprint density at radius 3 is 2.93 bits per heavy atom. The van der Waals surface area contributed by atoms with Gasteiger partial charge in [-0.25, -0.2) is 15.0 Å². The van der Waals surface area contributed by atoms with E-state index in [1.165, 1.54) is 47.9 Å². The average molecular weight is 400 g/mol. The maximum absolute atomic E-state index is 12.3. The van der Waals surface area contributed by atoms with Gasteiger partial charge in [-0.05, 0) is 43.9 Å². The summed E-state index contributed by atoms with van der Waals surface area (Å²) in [6.07, 6.45) is 5.28. The van der Waals surface area contributed by atoms with Gasteiger partial charge in [0.25, 0.3) is 0 Å². The molecular formula is C19H21N5OS2. The number of thioether (sulfide) groups is 1. The zero-order valence-corrected chi connectivity index (χ0v) is 16.8. The molecule has 2 aromatic heterocycles. The van der Waals surface area contributed by atoms with Crippen molar-refractivity contribution in [3.63, 3.8) is 0 Å². The van der Waals surface area contributed by atoms with Crippen molar-refractivity contribution in [2.24, 2.45) is 0 Å². The number of nitrogens with zero attached hydrogens (tertiary/aromatic N) is 4. The van der Waals surface area contributed by atoms with Gasteiger partial charge in [0, 0.05) is 19.2 Å². The average Bonchev–Trinajstić information content (AvgIpc) is 3.08. The van der Waals surface area contributed by atoms with E-state index in [4.69, 9.17) is 0 Å². The molecule has 6 nitrogen and oxygen atoms in total. The van der Waals surface area contributed by atoms with E-state index in [-0.39, 0.29) is 5.91 Å². The number of rotatable bonds is 5. The van der Waals surface area contributed by atoms with E-state index in [1.807, 2.05) is 25.1 Å². The van der Waals surface area contributed by atoms with Gasteiger partial charge in [0.05, 0.1) is 16.0 Å². The first kappa shape index (κ1) is 18.2.